The Kier molecular flexibility index (Phi) is 4.44. The zero-order valence-corrected chi connectivity index (χ0v) is 13.2. The van der Waals surface area contributed by atoms with Gasteiger partial charge in [-0.3, -0.25) is 0 Å². The van der Waals surface area contributed by atoms with Crippen molar-refractivity contribution in [3.8, 4) is 0 Å². The van der Waals surface area contributed by atoms with Crippen LogP contribution in [0.5, 0.6) is 0 Å². The van der Waals surface area contributed by atoms with Gasteiger partial charge in [0.25, 0.3) is 0 Å². The minimum Gasteiger partial charge on any atom is -0.452 e. The van der Waals surface area contributed by atoms with E-state index in [4.69, 9.17) is 4.42 Å². The summed E-state index contributed by atoms with van der Waals surface area (Å²) in [7, 11) is 0. The van der Waals surface area contributed by atoms with Gasteiger partial charge in [-0.25, -0.2) is 0 Å². The molecule has 1 atom stereocenters. The largest absolute Gasteiger partial charge is 0.452 e. The van der Waals surface area contributed by atoms with Crippen molar-refractivity contribution < 1.29 is 4.42 Å². The molecule has 1 saturated heterocycles. The van der Waals surface area contributed by atoms with Gasteiger partial charge in [0, 0.05) is 11.3 Å². The van der Waals surface area contributed by atoms with Gasteiger partial charge in [-0.2, -0.15) is 11.8 Å². The molecule has 1 aliphatic rings. The highest BCUT2D eigenvalue weighted by Gasteiger charge is 2.28. The molecule has 1 aromatic heterocycles. The van der Waals surface area contributed by atoms with Crippen LogP contribution in [0.15, 0.2) is 19.6 Å². The van der Waals surface area contributed by atoms with Gasteiger partial charge in [0.15, 0.2) is 4.67 Å². The lowest BCUT2D eigenvalue weighted by molar-refractivity contribution is 0.450. The van der Waals surface area contributed by atoms with E-state index >= 15 is 0 Å². The summed E-state index contributed by atoms with van der Waals surface area (Å²) in [4.78, 5) is 0. The maximum atomic E-state index is 5.51. The summed E-state index contributed by atoms with van der Waals surface area (Å²) in [5.74, 6) is 2.26. The number of halogens is 2. The lowest BCUT2D eigenvalue weighted by Gasteiger charge is -2.22. The van der Waals surface area contributed by atoms with Crippen LogP contribution in [0.2, 0.25) is 0 Å². The Bertz CT molecular complexity index is 341. The van der Waals surface area contributed by atoms with Crippen molar-refractivity contribution in [3.63, 3.8) is 0 Å². The van der Waals surface area contributed by atoms with Crippen LogP contribution >= 0.6 is 43.6 Å². The Morgan fingerprint density at radius 3 is 2.94 bits per heavy atom. The molecule has 5 heteroatoms. The zero-order valence-electron chi connectivity index (χ0n) is 9.19. The molecule has 1 fully saturated rings. The third kappa shape index (κ3) is 3.28. The van der Waals surface area contributed by atoms with E-state index in [1.165, 1.54) is 18.6 Å². The van der Waals surface area contributed by atoms with E-state index < -0.39 is 0 Å². The molecular formula is C11H15Br2NOS. The van der Waals surface area contributed by atoms with Gasteiger partial charge in [-0.15, -0.1) is 0 Å². The van der Waals surface area contributed by atoms with Gasteiger partial charge in [0.05, 0.1) is 11.0 Å². The molecule has 90 valence electrons. The Labute approximate surface area is 117 Å². The maximum absolute atomic E-state index is 5.51. The van der Waals surface area contributed by atoms with E-state index in [-0.39, 0.29) is 0 Å². The molecule has 0 aliphatic carbocycles. The van der Waals surface area contributed by atoms with Gasteiger partial charge < -0.3 is 9.73 Å². The number of furan rings is 1. The van der Waals surface area contributed by atoms with E-state index in [0.29, 0.717) is 4.75 Å². The molecule has 16 heavy (non-hydrogen) atoms. The summed E-state index contributed by atoms with van der Waals surface area (Å²) in [6.45, 7) is 4.18. The molecule has 2 heterocycles. The fraction of sp³-hybridized carbons (Fsp3) is 0.636. The smallest absolute Gasteiger partial charge is 0.183 e. The first-order valence-corrected chi connectivity index (χ1v) is 7.95. The molecule has 1 unspecified atom stereocenters. The SMILES string of the molecule is CC1(CNCc2cc(Br)c(Br)o2)CCCS1. The molecule has 1 aromatic rings. The Morgan fingerprint density at radius 1 is 1.56 bits per heavy atom. The van der Waals surface area contributed by atoms with Crippen molar-refractivity contribution in [3.05, 3.63) is 21.0 Å². The normalized spacial score (nSPS) is 25.2. The second kappa shape index (κ2) is 5.46. The molecular weight excluding hydrogens is 354 g/mol. The lowest BCUT2D eigenvalue weighted by atomic mass is 10.1. The summed E-state index contributed by atoms with van der Waals surface area (Å²) in [5, 5.41) is 3.47. The average molecular weight is 369 g/mol. The summed E-state index contributed by atoms with van der Waals surface area (Å²) in [6.07, 6.45) is 2.66. The fourth-order valence-corrected chi connectivity index (χ4v) is 3.84. The summed E-state index contributed by atoms with van der Waals surface area (Å²) < 4.78 is 7.68. The van der Waals surface area contributed by atoms with Crippen molar-refractivity contribution in [1.29, 1.82) is 0 Å². The molecule has 0 aromatic carbocycles. The second-order valence-electron chi connectivity index (χ2n) is 4.34. The predicted molar refractivity (Wildman–Crippen MR) is 75.9 cm³/mol. The Hall–Kier alpha value is 0.550. The molecule has 0 bridgehead atoms. The maximum Gasteiger partial charge on any atom is 0.183 e. The number of hydrogen-bond acceptors (Lipinski definition) is 3. The van der Waals surface area contributed by atoms with Crippen molar-refractivity contribution in [2.45, 2.75) is 31.1 Å². The van der Waals surface area contributed by atoms with E-state index in [2.05, 4.69) is 55.9 Å². The quantitative estimate of drug-likeness (QED) is 0.862. The molecule has 2 nitrogen and oxygen atoms in total. The van der Waals surface area contributed by atoms with Crippen LogP contribution in [0.4, 0.5) is 0 Å². The van der Waals surface area contributed by atoms with E-state index in [9.17, 15) is 0 Å². The Morgan fingerprint density at radius 2 is 2.38 bits per heavy atom. The minimum absolute atomic E-state index is 0.418. The van der Waals surface area contributed by atoms with Crippen LogP contribution < -0.4 is 5.32 Å². The van der Waals surface area contributed by atoms with Crippen LogP contribution in [0, 0.1) is 0 Å². The number of hydrogen-bond donors (Lipinski definition) is 1. The number of rotatable bonds is 4. The van der Waals surface area contributed by atoms with Gasteiger partial charge in [0.1, 0.15) is 5.76 Å². The molecule has 0 radical (unpaired) electrons. The molecule has 2 rings (SSSR count). The standard InChI is InChI=1S/C11H15Br2NOS/c1-11(3-2-4-16-11)7-14-6-8-5-9(12)10(13)15-8/h5,14H,2-4,6-7H2,1H3. The van der Waals surface area contributed by atoms with Crippen LogP contribution in [0.3, 0.4) is 0 Å². The first kappa shape index (κ1) is 13.0. The first-order valence-electron chi connectivity index (χ1n) is 5.37. The van der Waals surface area contributed by atoms with E-state index in [1.807, 2.05) is 6.07 Å². The van der Waals surface area contributed by atoms with Crippen molar-refractivity contribution >= 4 is 43.6 Å². The van der Waals surface area contributed by atoms with Crippen LogP contribution in [0.25, 0.3) is 0 Å². The lowest BCUT2D eigenvalue weighted by Crippen LogP contribution is -2.32. The molecule has 0 spiro atoms. The summed E-state index contributed by atoms with van der Waals surface area (Å²) in [6, 6.07) is 2.00. The molecule has 0 saturated carbocycles. The van der Waals surface area contributed by atoms with Gasteiger partial charge in [-0.1, -0.05) is 0 Å². The third-order valence-electron chi connectivity index (χ3n) is 2.79. The van der Waals surface area contributed by atoms with Crippen LogP contribution in [-0.4, -0.2) is 17.0 Å². The summed E-state index contributed by atoms with van der Waals surface area (Å²) >= 11 is 8.83. The molecule has 0 amide bonds. The molecule has 1 N–H and O–H groups in total. The monoisotopic (exact) mass is 367 g/mol. The fourth-order valence-electron chi connectivity index (χ4n) is 1.90. The van der Waals surface area contributed by atoms with E-state index in [0.717, 1.165) is 28.0 Å². The minimum atomic E-state index is 0.418. The Balaban J connectivity index is 1.79. The van der Waals surface area contributed by atoms with Gasteiger partial charge in [-0.05, 0) is 63.4 Å². The van der Waals surface area contributed by atoms with Gasteiger partial charge in [0.2, 0.25) is 0 Å². The highest BCUT2D eigenvalue weighted by Crippen LogP contribution is 2.37. The highest BCUT2D eigenvalue weighted by atomic mass is 79.9. The number of nitrogens with one attached hydrogen (secondary N) is 1. The second-order valence-corrected chi connectivity index (χ2v) is 7.60. The topological polar surface area (TPSA) is 25.2 Å². The van der Waals surface area contributed by atoms with E-state index in [1.54, 1.807) is 0 Å². The van der Waals surface area contributed by atoms with Crippen molar-refractivity contribution in [2.24, 2.45) is 0 Å². The molecule has 1 aliphatic heterocycles. The van der Waals surface area contributed by atoms with Crippen molar-refractivity contribution in [2.75, 3.05) is 12.3 Å². The third-order valence-corrected chi connectivity index (χ3v) is 6.04. The highest BCUT2D eigenvalue weighted by molar-refractivity contribution is 9.13. The average Bonchev–Trinajstić information content (AvgIpc) is 2.76. The predicted octanol–water partition coefficient (Wildman–Crippen LogP) is 4.18. The van der Waals surface area contributed by atoms with Crippen LogP contribution in [0.1, 0.15) is 25.5 Å². The zero-order chi connectivity index (χ0) is 11.6. The van der Waals surface area contributed by atoms with Crippen molar-refractivity contribution in [1.82, 2.24) is 5.32 Å². The summed E-state index contributed by atoms with van der Waals surface area (Å²) in [5.41, 5.74) is 0. The number of thioether (sulfide) groups is 1. The first-order chi connectivity index (χ1) is 7.59. The van der Waals surface area contributed by atoms with Gasteiger partial charge >= 0.3 is 0 Å². The van der Waals surface area contributed by atoms with Crippen LogP contribution in [-0.2, 0) is 6.54 Å².